The Morgan fingerprint density at radius 1 is 0.963 bits per heavy atom. The predicted molar refractivity (Wildman–Crippen MR) is 106 cm³/mol. The van der Waals surface area contributed by atoms with E-state index in [9.17, 15) is 4.79 Å². The number of hydrogen-bond donors (Lipinski definition) is 1. The average molecular weight is 369 g/mol. The van der Waals surface area contributed by atoms with Gasteiger partial charge in [0.15, 0.2) is 0 Å². The molecule has 0 spiro atoms. The van der Waals surface area contributed by atoms with Crippen LogP contribution < -0.4 is 14.8 Å². The first kappa shape index (κ1) is 19.2. The van der Waals surface area contributed by atoms with Gasteiger partial charge in [-0.25, -0.2) is 0 Å². The van der Waals surface area contributed by atoms with E-state index >= 15 is 0 Å². The molecule has 0 unspecified atom stereocenters. The van der Waals surface area contributed by atoms with Gasteiger partial charge in [-0.1, -0.05) is 30.3 Å². The standard InChI is InChI=1S/C21H27N3O3/c1-26-18-8-9-19(20(14-18)27-2)22-21(25)16-24-12-10-23(11-13-24)15-17-6-4-3-5-7-17/h3-9,14H,10-13,15-16H2,1-2H3,(H,22,25). The van der Waals surface area contributed by atoms with Crippen LogP contribution in [0.5, 0.6) is 11.5 Å². The summed E-state index contributed by atoms with van der Waals surface area (Å²) < 4.78 is 10.5. The molecule has 2 aromatic rings. The quantitative estimate of drug-likeness (QED) is 0.813. The van der Waals surface area contributed by atoms with Crippen LogP contribution in [0, 0.1) is 0 Å². The third-order valence-electron chi connectivity index (χ3n) is 4.76. The van der Waals surface area contributed by atoms with Crippen LogP contribution in [0.25, 0.3) is 0 Å². The number of carbonyl (C=O) groups excluding carboxylic acids is 1. The van der Waals surface area contributed by atoms with Crippen molar-refractivity contribution in [2.75, 3.05) is 52.3 Å². The highest BCUT2D eigenvalue weighted by Crippen LogP contribution is 2.28. The molecule has 3 rings (SSSR count). The topological polar surface area (TPSA) is 54.0 Å². The summed E-state index contributed by atoms with van der Waals surface area (Å²) in [7, 11) is 3.18. The molecule has 0 atom stereocenters. The highest BCUT2D eigenvalue weighted by Gasteiger charge is 2.19. The predicted octanol–water partition coefficient (Wildman–Crippen LogP) is 2.46. The lowest BCUT2D eigenvalue weighted by Gasteiger charge is -2.34. The fourth-order valence-electron chi connectivity index (χ4n) is 3.24. The number of rotatable bonds is 7. The molecule has 1 N–H and O–H groups in total. The Labute approximate surface area is 160 Å². The van der Waals surface area contributed by atoms with E-state index in [0.29, 0.717) is 23.7 Å². The summed E-state index contributed by atoms with van der Waals surface area (Å²) in [5.74, 6) is 1.25. The minimum absolute atomic E-state index is 0.0324. The minimum atomic E-state index is -0.0324. The molecule has 1 heterocycles. The third kappa shape index (κ3) is 5.45. The molecule has 0 bridgehead atoms. The van der Waals surface area contributed by atoms with E-state index < -0.39 is 0 Å². The van der Waals surface area contributed by atoms with Crippen molar-refractivity contribution in [1.82, 2.24) is 9.80 Å². The maximum Gasteiger partial charge on any atom is 0.238 e. The van der Waals surface area contributed by atoms with Crippen molar-refractivity contribution >= 4 is 11.6 Å². The summed E-state index contributed by atoms with van der Waals surface area (Å²) in [4.78, 5) is 17.0. The smallest absolute Gasteiger partial charge is 0.238 e. The van der Waals surface area contributed by atoms with Crippen LogP contribution in [-0.4, -0.2) is 62.7 Å². The zero-order valence-corrected chi connectivity index (χ0v) is 16.0. The van der Waals surface area contributed by atoms with E-state index in [1.54, 1.807) is 32.4 Å². The Hall–Kier alpha value is -2.57. The molecule has 0 aliphatic carbocycles. The van der Waals surface area contributed by atoms with Crippen LogP contribution in [0.1, 0.15) is 5.56 Å². The van der Waals surface area contributed by atoms with E-state index in [1.165, 1.54) is 5.56 Å². The number of benzene rings is 2. The lowest BCUT2D eigenvalue weighted by Crippen LogP contribution is -2.48. The highest BCUT2D eigenvalue weighted by molar-refractivity contribution is 5.93. The van der Waals surface area contributed by atoms with Gasteiger partial charge < -0.3 is 14.8 Å². The van der Waals surface area contributed by atoms with Gasteiger partial charge >= 0.3 is 0 Å². The number of amides is 1. The number of carbonyl (C=O) groups is 1. The monoisotopic (exact) mass is 369 g/mol. The van der Waals surface area contributed by atoms with E-state index in [-0.39, 0.29) is 5.91 Å². The number of nitrogens with one attached hydrogen (secondary N) is 1. The van der Waals surface area contributed by atoms with E-state index in [2.05, 4.69) is 39.4 Å². The third-order valence-corrected chi connectivity index (χ3v) is 4.76. The van der Waals surface area contributed by atoms with E-state index in [4.69, 9.17) is 9.47 Å². The summed E-state index contributed by atoms with van der Waals surface area (Å²) in [5, 5.41) is 2.94. The Morgan fingerprint density at radius 2 is 1.67 bits per heavy atom. The van der Waals surface area contributed by atoms with Gasteiger partial charge in [-0.05, 0) is 17.7 Å². The SMILES string of the molecule is COc1ccc(NC(=O)CN2CCN(Cc3ccccc3)CC2)c(OC)c1. The second-order valence-corrected chi connectivity index (χ2v) is 6.65. The zero-order valence-electron chi connectivity index (χ0n) is 16.0. The van der Waals surface area contributed by atoms with Gasteiger partial charge in [0.25, 0.3) is 0 Å². The molecule has 1 fully saturated rings. The van der Waals surface area contributed by atoms with Crippen molar-refractivity contribution in [3.8, 4) is 11.5 Å². The van der Waals surface area contributed by atoms with Gasteiger partial charge in [0.1, 0.15) is 11.5 Å². The molecule has 1 aliphatic heterocycles. The maximum absolute atomic E-state index is 12.4. The summed E-state index contributed by atoms with van der Waals surface area (Å²) in [6, 6.07) is 15.9. The first-order valence-corrected chi connectivity index (χ1v) is 9.18. The molecular formula is C21H27N3O3. The summed E-state index contributed by atoms with van der Waals surface area (Å²) in [6.07, 6.45) is 0. The molecule has 2 aromatic carbocycles. The number of nitrogens with zero attached hydrogens (tertiary/aromatic N) is 2. The lowest BCUT2D eigenvalue weighted by atomic mass is 10.2. The van der Waals surface area contributed by atoms with Gasteiger partial charge in [0, 0.05) is 38.8 Å². The molecule has 1 amide bonds. The fraction of sp³-hybridized carbons (Fsp3) is 0.381. The lowest BCUT2D eigenvalue weighted by molar-refractivity contribution is -0.117. The van der Waals surface area contributed by atoms with Crippen LogP contribution in [0.15, 0.2) is 48.5 Å². The zero-order chi connectivity index (χ0) is 19.1. The molecule has 0 aromatic heterocycles. The van der Waals surface area contributed by atoms with E-state index in [0.717, 1.165) is 32.7 Å². The van der Waals surface area contributed by atoms with Gasteiger partial charge in [-0.15, -0.1) is 0 Å². The van der Waals surface area contributed by atoms with Crippen LogP contribution in [-0.2, 0) is 11.3 Å². The number of ether oxygens (including phenoxy) is 2. The van der Waals surface area contributed by atoms with Gasteiger partial charge in [-0.2, -0.15) is 0 Å². The summed E-state index contributed by atoms with van der Waals surface area (Å²) in [5.41, 5.74) is 1.99. The molecule has 6 heteroatoms. The first-order valence-electron chi connectivity index (χ1n) is 9.18. The Balaban J connectivity index is 1.47. The first-order chi connectivity index (χ1) is 13.2. The maximum atomic E-state index is 12.4. The molecule has 0 radical (unpaired) electrons. The van der Waals surface area contributed by atoms with E-state index in [1.807, 2.05) is 6.07 Å². The molecule has 0 saturated carbocycles. The molecule has 1 saturated heterocycles. The summed E-state index contributed by atoms with van der Waals surface area (Å²) >= 11 is 0. The molecule has 27 heavy (non-hydrogen) atoms. The van der Waals surface area contributed by atoms with Crippen molar-refractivity contribution in [2.45, 2.75) is 6.54 Å². The van der Waals surface area contributed by atoms with Crippen LogP contribution in [0.3, 0.4) is 0 Å². The number of methoxy groups -OCH3 is 2. The van der Waals surface area contributed by atoms with Crippen molar-refractivity contribution in [2.24, 2.45) is 0 Å². The van der Waals surface area contributed by atoms with Crippen molar-refractivity contribution in [3.05, 3.63) is 54.1 Å². The Morgan fingerprint density at radius 3 is 2.33 bits per heavy atom. The van der Waals surface area contributed by atoms with Crippen LogP contribution in [0.2, 0.25) is 0 Å². The molecular weight excluding hydrogens is 342 g/mol. The Kier molecular flexibility index (Phi) is 6.68. The second kappa shape index (κ2) is 9.39. The largest absolute Gasteiger partial charge is 0.497 e. The normalized spacial score (nSPS) is 15.3. The van der Waals surface area contributed by atoms with Gasteiger partial charge in [0.05, 0.1) is 26.5 Å². The number of anilines is 1. The van der Waals surface area contributed by atoms with Crippen molar-refractivity contribution in [3.63, 3.8) is 0 Å². The van der Waals surface area contributed by atoms with Crippen molar-refractivity contribution < 1.29 is 14.3 Å². The summed E-state index contributed by atoms with van der Waals surface area (Å²) in [6.45, 7) is 5.06. The minimum Gasteiger partial charge on any atom is -0.497 e. The highest BCUT2D eigenvalue weighted by atomic mass is 16.5. The fourth-order valence-corrected chi connectivity index (χ4v) is 3.24. The van der Waals surface area contributed by atoms with Gasteiger partial charge in [-0.3, -0.25) is 14.6 Å². The molecule has 144 valence electrons. The average Bonchev–Trinajstić information content (AvgIpc) is 2.70. The second-order valence-electron chi connectivity index (χ2n) is 6.65. The van der Waals surface area contributed by atoms with Crippen LogP contribution in [0.4, 0.5) is 5.69 Å². The van der Waals surface area contributed by atoms with Crippen molar-refractivity contribution in [1.29, 1.82) is 0 Å². The number of hydrogen-bond acceptors (Lipinski definition) is 5. The molecule has 1 aliphatic rings. The number of piperazine rings is 1. The molecule has 6 nitrogen and oxygen atoms in total. The van der Waals surface area contributed by atoms with Crippen LogP contribution >= 0.6 is 0 Å². The Bertz CT molecular complexity index is 744. The van der Waals surface area contributed by atoms with Gasteiger partial charge in [0.2, 0.25) is 5.91 Å².